The Balaban J connectivity index is 1.95. The number of aryl methyl sites for hydroxylation is 1. The molecule has 3 rings (SSSR count). The summed E-state index contributed by atoms with van der Waals surface area (Å²) in [5, 5.41) is 2.05. The lowest BCUT2D eigenvalue weighted by molar-refractivity contribution is -0.108. The summed E-state index contributed by atoms with van der Waals surface area (Å²) in [5.41, 5.74) is -1.66. The summed E-state index contributed by atoms with van der Waals surface area (Å²) in [7, 11) is 1.24. The number of rotatable bonds is 8. The van der Waals surface area contributed by atoms with Gasteiger partial charge in [-0.25, -0.2) is 26.6 Å². The molecule has 0 spiro atoms. The number of nitrogens with one attached hydrogen (secondary N) is 1. The molecule has 36 heavy (non-hydrogen) atoms. The van der Waals surface area contributed by atoms with Crippen molar-refractivity contribution < 1.29 is 45.4 Å². The van der Waals surface area contributed by atoms with Crippen LogP contribution < -0.4 is 9.62 Å². The molecule has 1 aromatic carbocycles. The number of hydrogen-bond donors (Lipinski definition) is 2. The molecular weight excluding hydrogens is 512 g/mol. The van der Waals surface area contributed by atoms with Crippen molar-refractivity contribution in [2.75, 3.05) is 29.3 Å². The number of carbonyl (C=O) groups excluding carboxylic acids is 3. The summed E-state index contributed by atoms with van der Waals surface area (Å²) in [5.74, 6) is -7.99. The highest BCUT2D eigenvalue weighted by molar-refractivity contribution is 7.80. The van der Waals surface area contributed by atoms with Gasteiger partial charge >= 0.3 is 6.09 Å². The quantitative estimate of drug-likeness (QED) is 0.233. The van der Waals surface area contributed by atoms with Crippen molar-refractivity contribution in [3.63, 3.8) is 0 Å². The fourth-order valence-electron chi connectivity index (χ4n) is 4.03. The lowest BCUT2D eigenvalue weighted by atomic mass is 10.0. The maximum Gasteiger partial charge on any atom is 0.409 e. The first-order valence-corrected chi connectivity index (χ1v) is 11.6. The SMILES string of the molecule is CCOC(=O)N1CC(CC=O)C(N(c2cn(C)c(C(=O)Nc3cc(F)c(F)c(F)c3)c2F)S(=O)O)C1. The Kier molecular flexibility index (Phi) is 8.35. The number of aromatic nitrogens is 1. The van der Waals surface area contributed by atoms with Gasteiger partial charge in [0, 0.05) is 56.5 Å². The third-order valence-electron chi connectivity index (χ3n) is 5.60. The Morgan fingerprint density at radius 2 is 1.86 bits per heavy atom. The monoisotopic (exact) mass is 534 g/mol. The minimum Gasteiger partial charge on any atom is -0.450 e. The molecule has 1 saturated heterocycles. The molecule has 196 valence electrons. The normalized spacial score (nSPS) is 18.1. The van der Waals surface area contributed by atoms with Crippen molar-refractivity contribution in [2.24, 2.45) is 13.0 Å². The summed E-state index contributed by atoms with van der Waals surface area (Å²) < 4.78 is 84.6. The molecule has 2 aromatic rings. The molecule has 1 fully saturated rings. The van der Waals surface area contributed by atoms with Gasteiger partial charge < -0.3 is 24.3 Å². The van der Waals surface area contributed by atoms with Gasteiger partial charge in [0.1, 0.15) is 17.7 Å². The molecule has 10 nitrogen and oxygen atoms in total. The molecule has 15 heteroatoms. The van der Waals surface area contributed by atoms with Crippen molar-refractivity contribution in [3.8, 4) is 0 Å². The first kappa shape index (κ1) is 27.1. The van der Waals surface area contributed by atoms with Crippen LogP contribution in [0.1, 0.15) is 23.8 Å². The predicted molar refractivity (Wildman–Crippen MR) is 119 cm³/mol. The smallest absolute Gasteiger partial charge is 0.409 e. The first-order chi connectivity index (χ1) is 17.0. The van der Waals surface area contributed by atoms with Gasteiger partial charge in [0.15, 0.2) is 23.3 Å². The maximum absolute atomic E-state index is 15.5. The van der Waals surface area contributed by atoms with E-state index in [1.54, 1.807) is 6.92 Å². The van der Waals surface area contributed by atoms with Gasteiger partial charge in [-0.2, -0.15) is 0 Å². The maximum atomic E-state index is 15.5. The molecule has 0 aliphatic carbocycles. The van der Waals surface area contributed by atoms with E-state index in [1.165, 1.54) is 11.9 Å². The lowest BCUT2D eigenvalue weighted by Gasteiger charge is -2.29. The van der Waals surface area contributed by atoms with Crippen LogP contribution in [0.2, 0.25) is 0 Å². The van der Waals surface area contributed by atoms with Crippen LogP contribution in [0.5, 0.6) is 0 Å². The Morgan fingerprint density at radius 3 is 2.42 bits per heavy atom. The van der Waals surface area contributed by atoms with Crippen molar-refractivity contribution >= 4 is 40.9 Å². The standard InChI is InChI=1S/C21H22F4N4O6S/c1-3-35-21(32)28-8-11(4-5-30)15(10-28)29(36(33)34)16-9-27(2)19(18(16)25)20(31)26-12-6-13(22)17(24)14(23)7-12/h5-7,9,11,15H,3-4,8,10H2,1-2H3,(H,26,31)(H,33,34). The Morgan fingerprint density at radius 1 is 1.22 bits per heavy atom. The van der Waals surface area contributed by atoms with Crippen molar-refractivity contribution in [1.29, 1.82) is 0 Å². The zero-order valence-corrected chi connectivity index (χ0v) is 19.9. The highest BCUT2D eigenvalue weighted by Gasteiger charge is 2.43. The molecule has 0 bridgehead atoms. The van der Waals surface area contributed by atoms with E-state index in [4.69, 9.17) is 4.74 Å². The summed E-state index contributed by atoms with van der Waals surface area (Å²) in [6.45, 7) is 1.48. The van der Waals surface area contributed by atoms with Crippen molar-refractivity contribution in [3.05, 3.63) is 47.3 Å². The van der Waals surface area contributed by atoms with E-state index in [2.05, 4.69) is 0 Å². The largest absolute Gasteiger partial charge is 0.450 e. The molecule has 2 heterocycles. The fraction of sp³-hybridized carbons (Fsp3) is 0.381. The minimum atomic E-state index is -2.85. The van der Waals surface area contributed by atoms with Crippen LogP contribution in [0.4, 0.5) is 33.7 Å². The molecule has 1 aromatic heterocycles. The van der Waals surface area contributed by atoms with E-state index >= 15 is 4.39 Å². The molecule has 3 unspecified atom stereocenters. The van der Waals surface area contributed by atoms with Crippen LogP contribution in [0, 0.1) is 29.2 Å². The van der Waals surface area contributed by atoms with E-state index in [0.717, 1.165) is 15.1 Å². The van der Waals surface area contributed by atoms with Gasteiger partial charge in [0.25, 0.3) is 17.2 Å². The summed E-state index contributed by atoms with van der Waals surface area (Å²) >= 11 is -2.85. The predicted octanol–water partition coefficient (Wildman–Crippen LogP) is 2.82. The fourth-order valence-corrected chi connectivity index (χ4v) is 4.80. The van der Waals surface area contributed by atoms with Gasteiger partial charge in [-0.1, -0.05) is 0 Å². The molecule has 2 amide bonds. The number of ether oxygens (including phenoxy) is 1. The number of halogens is 4. The van der Waals surface area contributed by atoms with Crippen LogP contribution in [0.15, 0.2) is 18.3 Å². The van der Waals surface area contributed by atoms with Crippen LogP contribution >= 0.6 is 0 Å². The molecule has 1 aliphatic heterocycles. The molecule has 2 N–H and O–H groups in total. The molecular formula is C21H22F4N4O6S. The number of hydrogen-bond acceptors (Lipinski definition) is 5. The topological polar surface area (TPSA) is 121 Å². The molecule has 1 aliphatic rings. The third kappa shape index (κ3) is 5.36. The number of amides is 2. The summed E-state index contributed by atoms with van der Waals surface area (Å²) in [6.07, 6.45) is 0.769. The van der Waals surface area contributed by atoms with E-state index in [-0.39, 0.29) is 26.1 Å². The van der Waals surface area contributed by atoms with Gasteiger partial charge in [0.2, 0.25) is 0 Å². The van der Waals surface area contributed by atoms with Gasteiger partial charge in [-0.15, -0.1) is 0 Å². The van der Waals surface area contributed by atoms with E-state index in [0.29, 0.717) is 18.4 Å². The number of anilines is 2. The van der Waals surface area contributed by atoms with Crippen molar-refractivity contribution in [2.45, 2.75) is 19.4 Å². The lowest BCUT2D eigenvalue weighted by Crippen LogP contribution is -2.43. The molecule has 0 saturated carbocycles. The summed E-state index contributed by atoms with van der Waals surface area (Å²) in [4.78, 5) is 37.3. The second-order valence-corrected chi connectivity index (χ2v) is 8.74. The number of nitrogens with zero attached hydrogens (tertiary/aromatic N) is 3. The van der Waals surface area contributed by atoms with Crippen LogP contribution in [-0.4, -0.2) is 62.3 Å². The minimum absolute atomic E-state index is 0.000565. The number of likely N-dealkylation sites (tertiary alicyclic amines) is 1. The average molecular weight is 534 g/mol. The Hall–Kier alpha value is -3.46. The number of benzene rings is 1. The van der Waals surface area contributed by atoms with Crippen LogP contribution in [0.25, 0.3) is 0 Å². The van der Waals surface area contributed by atoms with Gasteiger partial charge in [-0.05, 0) is 6.92 Å². The third-order valence-corrected chi connectivity index (χ3v) is 6.40. The first-order valence-electron chi connectivity index (χ1n) is 10.6. The second kappa shape index (κ2) is 11.1. The highest BCUT2D eigenvalue weighted by atomic mass is 32.2. The zero-order valence-electron chi connectivity index (χ0n) is 19.0. The van der Waals surface area contributed by atoms with E-state index in [1.807, 2.05) is 5.32 Å². The molecule has 0 radical (unpaired) electrons. The number of carbonyl (C=O) groups is 3. The van der Waals surface area contributed by atoms with Gasteiger partial charge in [-0.3, -0.25) is 13.7 Å². The summed E-state index contributed by atoms with van der Waals surface area (Å²) in [6, 6.07) is -0.00200. The molecule has 3 atom stereocenters. The Labute approximate surface area is 205 Å². The second-order valence-electron chi connectivity index (χ2n) is 7.89. The van der Waals surface area contributed by atoms with E-state index < -0.39 is 75.6 Å². The number of aldehydes is 1. The highest BCUT2D eigenvalue weighted by Crippen LogP contribution is 2.34. The van der Waals surface area contributed by atoms with Crippen LogP contribution in [0.3, 0.4) is 0 Å². The zero-order chi connectivity index (χ0) is 26.7. The van der Waals surface area contributed by atoms with Crippen LogP contribution in [-0.2, 0) is 27.8 Å². The van der Waals surface area contributed by atoms with Gasteiger partial charge in [0.05, 0.1) is 12.6 Å². The van der Waals surface area contributed by atoms with Crippen molar-refractivity contribution in [1.82, 2.24) is 9.47 Å². The Bertz CT molecular complexity index is 1190. The van der Waals surface area contributed by atoms with E-state index in [9.17, 15) is 36.3 Å². The average Bonchev–Trinajstić information content (AvgIpc) is 3.33.